The lowest BCUT2D eigenvalue weighted by Crippen LogP contribution is -2.21. The third-order valence-electron chi connectivity index (χ3n) is 4.04. The monoisotopic (exact) mass is 427 g/mol. The fraction of sp³-hybridized carbons (Fsp3) is 0.300. The van der Waals surface area contributed by atoms with Crippen molar-refractivity contribution in [1.29, 1.82) is 0 Å². The SMILES string of the molecule is CO/N=C(\c1cccc(C)c1CO/N=C(\C)c1ccc(OC(F)(F)F)cc1)N(C)F. The molecule has 0 atom stereocenters. The van der Waals surface area contributed by atoms with Gasteiger partial charge in [0.25, 0.3) is 0 Å². The Bertz CT molecular complexity index is 911. The molecule has 2 aromatic rings. The van der Waals surface area contributed by atoms with Gasteiger partial charge in [0, 0.05) is 18.2 Å². The minimum Gasteiger partial charge on any atom is -0.406 e. The first-order valence-electron chi connectivity index (χ1n) is 8.74. The second-order valence-corrected chi connectivity index (χ2v) is 6.20. The number of halogens is 4. The molecule has 0 aromatic heterocycles. The molecule has 0 amide bonds. The third-order valence-corrected chi connectivity index (χ3v) is 4.04. The van der Waals surface area contributed by atoms with Gasteiger partial charge >= 0.3 is 6.36 Å². The maximum atomic E-state index is 13.8. The van der Waals surface area contributed by atoms with Gasteiger partial charge in [-0.1, -0.05) is 33.0 Å². The number of ether oxygens (including phenoxy) is 1. The first-order valence-corrected chi connectivity index (χ1v) is 8.74. The van der Waals surface area contributed by atoms with Crippen molar-refractivity contribution in [2.24, 2.45) is 10.3 Å². The largest absolute Gasteiger partial charge is 0.573 e. The van der Waals surface area contributed by atoms with Gasteiger partial charge in [0.05, 0.1) is 5.71 Å². The van der Waals surface area contributed by atoms with Crippen LogP contribution in [0, 0.1) is 6.92 Å². The number of hydrogen-bond acceptors (Lipinski definition) is 5. The molecule has 0 N–H and O–H groups in total. The molecule has 2 aromatic carbocycles. The second-order valence-electron chi connectivity index (χ2n) is 6.20. The Morgan fingerprint density at radius 3 is 2.30 bits per heavy atom. The minimum absolute atomic E-state index is 0.0190. The average Bonchev–Trinajstić information content (AvgIpc) is 2.66. The van der Waals surface area contributed by atoms with Gasteiger partial charge in [0.1, 0.15) is 19.5 Å². The van der Waals surface area contributed by atoms with Gasteiger partial charge in [0.15, 0.2) is 0 Å². The van der Waals surface area contributed by atoms with E-state index in [0.717, 1.165) is 5.56 Å². The molecule has 0 unspecified atom stereocenters. The third kappa shape index (κ3) is 6.36. The summed E-state index contributed by atoms with van der Waals surface area (Å²) < 4.78 is 54.4. The molecule has 0 saturated carbocycles. The van der Waals surface area contributed by atoms with E-state index < -0.39 is 6.36 Å². The van der Waals surface area contributed by atoms with Gasteiger partial charge in [-0.25, -0.2) is 0 Å². The number of amidine groups is 1. The van der Waals surface area contributed by atoms with E-state index in [2.05, 4.69) is 15.0 Å². The van der Waals surface area contributed by atoms with Crippen molar-refractivity contribution in [3.05, 3.63) is 64.7 Å². The van der Waals surface area contributed by atoms with E-state index in [1.54, 1.807) is 19.1 Å². The Hall–Kier alpha value is -3.30. The Balaban J connectivity index is 2.16. The van der Waals surface area contributed by atoms with Crippen LogP contribution in [0.25, 0.3) is 0 Å². The summed E-state index contributed by atoms with van der Waals surface area (Å²) in [5.41, 5.74) is 2.96. The van der Waals surface area contributed by atoms with E-state index in [1.807, 2.05) is 13.0 Å². The van der Waals surface area contributed by atoms with Gasteiger partial charge in [-0.3, -0.25) is 0 Å². The average molecular weight is 427 g/mol. The standard InChI is InChI=1S/C20H21F4N3O3/c1-13-6-5-7-17(19(26-28-4)27(3)24)18(13)12-29-25-14(2)15-8-10-16(11-9-15)30-20(21,22)23/h5-11H,12H2,1-4H3/b25-14+,26-19+. The van der Waals surface area contributed by atoms with Crippen molar-refractivity contribution < 1.29 is 32.1 Å². The Morgan fingerprint density at radius 2 is 1.73 bits per heavy atom. The molecule has 0 radical (unpaired) electrons. The van der Waals surface area contributed by atoms with Crippen LogP contribution in [-0.2, 0) is 16.3 Å². The quantitative estimate of drug-likeness (QED) is 0.206. The van der Waals surface area contributed by atoms with Gasteiger partial charge in [-0.2, -0.15) is 5.12 Å². The minimum atomic E-state index is -4.75. The van der Waals surface area contributed by atoms with E-state index in [-0.39, 0.29) is 18.2 Å². The number of benzene rings is 2. The highest BCUT2D eigenvalue weighted by Crippen LogP contribution is 2.23. The summed E-state index contributed by atoms with van der Waals surface area (Å²) in [6.07, 6.45) is -4.75. The van der Waals surface area contributed by atoms with Crippen molar-refractivity contribution in [1.82, 2.24) is 5.12 Å². The number of aryl methyl sites for hydroxylation is 1. The lowest BCUT2D eigenvalue weighted by molar-refractivity contribution is -0.274. The summed E-state index contributed by atoms with van der Waals surface area (Å²) in [5.74, 6) is -0.356. The van der Waals surface area contributed by atoms with Crippen LogP contribution in [0.4, 0.5) is 17.7 Å². The molecule has 30 heavy (non-hydrogen) atoms. The Kier molecular flexibility index (Phi) is 7.62. The molecule has 0 spiro atoms. The summed E-state index contributed by atoms with van der Waals surface area (Å²) in [6, 6.07) is 10.5. The molecule has 0 bridgehead atoms. The zero-order chi connectivity index (χ0) is 22.3. The molecule has 6 nitrogen and oxygen atoms in total. The number of hydrogen-bond donors (Lipinski definition) is 0. The number of alkyl halides is 3. The maximum absolute atomic E-state index is 13.8. The van der Waals surface area contributed by atoms with Crippen LogP contribution in [0.2, 0.25) is 0 Å². The topological polar surface area (TPSA) is 55.6 Å². The summed E-state index contributed by atoms with van der Waals surface area (Å²) >= 11 is 0. The van der Waals surface area contributed by atoms with Crippen molar-refractivity contribution >= 4 is 11.5 Å². The van der Waals surface area contributed by atoms with E-state index in [9.17, 15) is 17.7 Å². The molecule has 2 rings (SSSR count). The highest BCUT2D eigenvalue weighted by Gasteiger charge is 2.31. The molecular formula is C20H21F4N3O3. The highest BCUT2D eigenvalue weighted by molar-refractivity contribution is 5.99. The molecule has 0 fully saturated rings. The van der Waals surface area contributed by atoms with E-state index in [4.69, 9.17) is 9.68 Å². The lowest BCUT2D eigenvalue weighted by atomic mass is 10.0. The predicted molar refractivity (Wildman–Crippen MR) is 104 cm³/mol. The van der Waals surface area contributed by atoms with Crippen LogP contribution in [0.1, 0.15) is 29.2 Å². The fourth-order valence-electron chi connectivity index (χ4n) is 2.61. The first kappa shape index (κ1) is 23.0. The second kappa shape index (κ2) is 9.95. The molecule has 0 aliphatic carbocycles. The molecule has 0 aliphatic heterocycles. The van der Waals surface area contributed by atoms with Crippen LogP contribution < -0.4 is 4.74 Å². The number of rotatable bonds is 7. The Labute approximate surface area is 171 Å². The predicted octanol–water partition coefficient (Wildman–Crippen LogP) is 4.96. The summed E-state index contributed by atoms with van der Waals surface area (Å²) in [4.78, 5) is 10.1. The van der Waals surface area contributed by atoms with Crippen LogP contribution in [0.3, 0.4) is 0 Å². The van der Waals surface area contributed by atoms with Crippen molar-refractivity contribution in [2.75, 3.05) is 14.2 Å². The first-order chi connectivity index (χ1) is 14.1. The fourth-order valence-corrected chi connectivity index (χ4v) is 2.61. The zero-order valence-electron chi connectivity index (χ0n) is 16.8. The van der Waals surface area contributed by atoms with Crippen LogP contribution in [0.15, 0.2) is 52.8 Å². The molecule has 0 aliphatic rings. The van der Waals surface area contributed by atoms with Crippen molar-refractivity contribution in [2.45, 2.75) is 26.8 Å². The number of nitrogens with zero attached hydrogens (tertiary/aromatic N) is 3. The summed E-state index contributed by atoms with van der Waals surface area (Å²) in [7, 11) is 2.51. The van der Waals surface area contributed by atoms with Gasteiger partial charge < -0.3 is 14.4 Å². The van der Waals surface area contributed by atoms with Crippen LogP contribution in [0.5, 0.6) is 5.75 Å². The van der Waals surface area contributed by atoms with Crippen molar-refractivity contribution in [3.63, 3.8) is 0 Å². The van der Waals surface area contributed by atoms with Gasteiger partial charge in [0.2, 0.25) is 5.84 Å². The van der Waals surface area contributed by atoms with E-state index in [0.29, 0.717) is 27.5 Å². The molecular weight excluding hydrogens is 406 g/mol. The molecule has 0 heterocycles. The highest BCUT2D eigenvalue weighted by atomic mass is 19.4. The van der Waals surface area contributed by atoms with Gasteiger partial charge in [-0.05, 0) is 49.2 Å². The van der Waals surface area contributed by atoms with E-state index in [1.165, 1.54) is 38.4 Å². The smallest absolute Gasteiger partial charge is 0.406 e. The van der Waals surface area contributed by atoms with Crippen LogP contribution in [-0.4, -0.2) is 37.2 Å². The lowest BCUT2D eigenvalue weighted by Gasteiger charge is -2.16. The van der Waals surface area contributed by atoms with Crippen LogP contribution >= 0.6 is 0 Å². The molecule has 0 saturated heterocycles. The zero-order valence-corrected chi connectivity index (χ0v) is 16.8. The summed E-state index contributed by atoms with van der Waals surface area (Å²) in [6.45, 7) is 3.50. The normalized spacial score (nSPS) is 12.5. The Morgan fingerprint density at radius 1 is 1.07 bits per heavy atom. The molecule has 162 valence electrons. The molecule has 10 heteroatoms. The summed E-state index contributed by atoms with van der Waals surface area (Å²) in [5, 5.41) is 8.04. The van der Waals surface area contributed by atoms with Crippen molar-refractivity contribution in [3.8, 4) is 5.75 Å². The maximum Gasteiger partial charge on any atom is 0.573 e. The van der Waals surface area contributed by atoms with Gasteiger partial charge in [-0.15, -0.1) is 13.2 Å². The number of oxime groups is 2. The van der Waals surface area contributed by atoms with E-state index >= 15 is 0 Å².